The molecule has 0 fully saturated rings. The average Bonchev–Trinajstić information content (AvgIpc) is 2.63. The van der Waals surface area contributed by atoms with Crippen LogP contribution in [0.25, 0.3) is 6.08 Å². The van der Waals surface area contributed by atoms with E-state index < -0.39 is 5.97 Å². The Bertz CT molecular complexity index is 806. The first-order valence-electron chi connectivity index (χ1n) is 9.17. The molecule has 0 atom stereocenters. The van der Waals surface area contributed by atoms with Gasteiger partial charge < -0.3 is 14.2 Å². The van der Waals surface area contributed by atoms with Crippen molar-refractivity contribution >= 4 is 12.0 Å². The summed E-state index contributed by atoms with van der Waals surface area (Å²) in [6.45, 7) is 8.96. The zero-order valence-electron chi connectivity index (χ0n) is 16.7. The van der Waals surface area contributed by atoms with Crippen molar-refractivity contribution in [3.8, 4) is 17.2 Å². The van der Waals surface area contributed by atoms with Crippen LogP contribution in [0, 0.1) is 19.8 Å². The van der Waals surface area contributed by atoms with Gasteiger partial charge in [-0.3, -0.25) is 0 Å². The molecule has 0 aliphatic rings. The second-order valence-corrected chi connectivity index (χ2v) is 6.94. The number of hydrogen-bond donors (Lipinski definition) is 0. The number of esters is 1. The maximum Gasteiger partial charge on any atom is 0.336 e. The predicted octanol–water partition coefficient (Wildman–Crippen LogP) is 5.36. The van der Waals surface area contributed by atoms with Crippen molar-refractivity contribution in [1.82, 2.24) is 0 Å². The highest BCUT2D eigenvalue weighted by atomic mass is 16.5. The second-order valence-electron chi connectivity index (χ2n) is 6.94. The van der Waals surface area contributed by atoms with Crippen LogP contribution >= 0.6 is 0 Å². The second kappa shape index (κ2) is 9.81. The van der Waals surface area contributed by atoms with Gasteiger partial charge in [-0.15, -0.1) is 0 Å². The highest BCUT2D eigenvalue weighted by Crippen LogP contribution is 2.29. The fraction of sp³-hybridized carbons (Fsp3) is 0.348. The number of rotatable bonds is 8. The standard InChI is InChI=1S/C23H28O4/c1-16(2)12-13-26-21-10-7-19(15-22(21)25-5)8-11-23(24)27-20-9-6-17(3)18(4)14-20/h6-11,14-16H,12-13H2,1-5H3/b11-8+. The van der Waals surface area contributed by atoms with E-state index in [0.29, 0.717) is 29.8 Å². The van der Waals surface area contributed by atoms with Crippen LogP contribution in [-0.2, 0) is 4.79 Å². The van der Waals surface area contributed by atoms with Gasteiger partial charge in [-0.05, 0) is 73.2 Å². The fourth-order valence-electron chi connectivity index (χ4n) is 2.40. The van der Waals surface area contributed by atoms with Gasteiger partial charge in [-0.25, -0.2) is 4.79 Å². The smallest absolute Gasteiger partial charge is 0.336 e. The number of aryl methyl sites for hydroxylation is 2. The molecule has 0 aromatic heterocycles. The van der Waals surface area contributed by atoms with Crippen molar-refractivity contribution in [2.24, 2.45) is 5.92 Å². The quantitative estimate of drug-likeness (QED) is 0.358. The lowest BCUT2D eigenvalue weighted by molar-refractivity contribution is -0.128. The summed E-state index contributed by atoms with van der Waals surface area (Å²) in [5.74, 6) is 2.05. The minimum Gasteiger partial charge on any atom is -0.493 e. The van der Waals surface area contributed by atoms with Crippen molar-refractivity contribution in [3.05, 3.63) is 59.2 Å². The van der Waals surface area contributed by atoms with Gasteiger partial charge in [0.15, 0.2) is 11.5 Å². The molecule has 0 spiro atoms. The molecule has 0 radical (unpaired) electrons. The van der Waals surface area contributed by atoms with Crippen LogP contribution in [0.1, 0.15) is 37.0 Å². The minimum absolute atomic E-state index is 0.422. The molecule has 4 nitrogen and oxygen atoms in total. The van der Waals surface area contributed by atoms with Gasteiger partial charge in [0.2, 0.25) is 0 Å². The van der Waals surface area contributed by atoms with E-state index in [1.54, 1.807) is 19.3 Å². The Kier molecular flexibility index (Phi) is 7.47. The molecule has 4 heteroatoms. The van der Waals surface area contributed by atoms with Crippen molar-refractivity contribution in [2.75, 3.05) is 13.7 Å². The molecule has 0 aliphatic carbocycles. The molecule has 0 unspecified atom stereocenters. The van der Waals surface area contributed by atoms with E-state index in [4.69, 9.17) is 14.2 Å². The Morgan fingerprint density at radius 3 is 2.48 bits per heavy atom. The molecule has 2 aromatic rings. The zero-order valence-corrected chi connectivity index (χ0v) is 16.7. The Labute approximate surface area is 161 Å². The number of hydrogen-bond acceptors (Lipinski definition) is 4. The van der Waals surface area contributed by atoms with Crippen LogP contribution in [0.2, 0.25) is 0 Å². The Balaban J connectivity index is 2.00. The van der Waals surface area contributed by atoms with E-state index in [-0.39, 0.29) is 0 Å². The highest BCUT2D eigenvalue weighted by Gasteiger charge is 2.07. The van der Waals surface area contributed by atoms with Gasteiger partial charge in [0.1, 0.15) is 5.75 Å². The normalized spacial score (nSPS) is 11.0. The molecule has 0 N–H and O–H groups in total. The maximum atomic E-state index is 12.0. The van der Waals surface area contributed by atoms with E-state index in [0.717, 1.165) is 23.1 Å². The molecule has 0 bridgehead atoms. The van der Waals surface area contributed by atoms with Crippen LogP contribution in [0.15, 0.2) is 42.5 Å². The summed E-state index contributed by atoms with van der Waals surface area (Å²) >= 11 is 0. The number of methoxy groups -OCH3 is 1. The van der Waals surface area contributed by atoms with Crippen LogP contribution in [0.3, 0.4) is 0 Å². The Morgan fingerprint density at radius 2 is 1.81 bits per heavy atom. The van der Waals surface area contributed by atoms with Crippen LogP contribution in [-0.4, -0.2) is 19.7 Å². The van der Waals surface area contributed by atoms with Crippen molar-refractivity contribution < 1.29 is 19.0 Å². The third-order valence-corrected chi connectivity index (χ3v) is 4.25. The molecule has 2 rings (SSSR count). The lowest BCUT2D eigenvalue weighted by atomic mass is 10.1. The number of carbonyl (C=O) groups is 1. The first-order valence-corrected chi connectivity index (χ1v) is 9.17. The van der Waals surface area contributed by atoms with Crippen LogP contribution < -0.4 is 14.2 Å². The summed E-state index contributed by atoms with van der Waals surface area (Å²) in [6, 6.07) is 11.2. The molecule has 0 aliphatic heterocycles. The van der Waals surface area contributed by atoms with Gasteiger partial charge in [0.25, 0.3) is 0 Å². The predicted molar refractivity (Wildman–Crippen MR) is 109 cm³/mol. The SMILES string of the molecule is COc1cc(/C=C/C(=O)Oc2ccc(C)c(C)c2)ccc1OCCC(C)C. The van der Waals surface area contributed by atoms with Gasteiger partial charge in [-0.2, -0.15) is 0 Å². The zero-order chi connectivity index (χ0) is 19.8. The highest BCUT2D eigenvalue weighted by molar-refractivity contribution is 5.88. The van der Waals surface area contributed by atoms with E-state index in [1.807, 2.05) is 44.2 Å². The van der Waals surface area contributed by atoms with Crippen LogP contribution in [0.4, 0.5) is 0 Å². The monoisotopic (exact) mass is 368 g/mol. The molecular formula is C23H28O4. The minimum atomic E-state index is -0.422. The van der Waals surface area contributed by atoms with Crippen molar-refractivity contribution in [3.63, 3.8) is 0 Å². The topological polar surface area (TPSA) is 44.8 Å². The Hall–Kier alpha value is -2.75. The van der Waals surface area contributed by atoms with Crippen molar-refractivity contribution in [2.45, 2.75) is 34.1 Å². The fourth-order valence-corrected chi connectivity index (χ4v) is 2.40. The number of benzene rings is 2. The van der Waals surface area contributed by atoms with Gasteiger partial charge in [0.05, 0.1) is 13.7 Å². The molecule has 2 aromatic carbocycles. The molecule has 0 amide bonds. The molecule has 0 saturated heterocycles. The van der Waals surface area contributed by atoms with Gasteiger partial charge in [0, 0.05) is 6.08 Å². The summed E-state index contributed by atoms with van der Waals surface area (Å²) in [4.78, 5) is 12.0. The van der Waals surface area contributed by atoms with E-state index in [9.17, 15) is 4.79 Å². The van der Waals surface area contributed by atoms with E-state index >= 15 is 0 Å². The summed E-state index contributed by atoms with van der Waals surface area (Å²) in [5.41, 5.74) is 3.08. The lowest BCUT2D eigenvalue weighted by Crippen LogP contribution is -2.04. The van der Waals surface area contributed by atoms with E-state index in [1.165, 1.54) is 6.08 Å². The Morgan fingerprint density at radius 1 is 1.04 bits per heavy atom. The van der Waals surface area contributed by atoms with Crippen molar-refractivity contribution in [1.29, 1.82) is 0 Å². The molecule has 27 heavy (non-hydrogen) atoms. The largest absolute Gasteiger partial charge is 0.493 e. The van der Waals surface area contributed by atoms with Gasteiger partial charge >= 0.3 is 5.97 Å². The molecule has 144 valence electrons. The summed E-state index contributed by atoms with van der Waals surface area (Å²) in [6.07, 6.45) is 4.09. The summed E-state index contributed by atoms with van der Waals surface area (Å²) in [7, 11) is 1.60. The maximum absolute atomic E-state index is 12.0. The van der Waals surface area contributed by atoms with Crippen LogP contribution in [0.5, 0.6) is 17.2 Å². The number of carbonyl (C=O) groups excluding carboxylic acids is 1. The summed E-state index contributed by atoms with van der Waals surface area (Å²) in [5, 5.41) is 0. The first kappa shape index (κ1) is 20.6. The average molecular weight is 368 g/mol. The third-order valence-electron chi connectivity index (χ3n) is 4.25. The number of ether oxygens (including phenoxy) is 3. The molecule has 0 saturated carbocycles. The first-order chi connectivity index (χ1) is 12.9. The van der Waals surface area contributed by atoms with E-state index in [2.05, 4.69) is 13.8 Å². The summed E-state index contributed by atoms with van der Waals surface area (Å²) < 4.78 is 16.5. The molecular weight excluding hydrogens is 340 g/mol. The van der Waals surface area contributed by atoms with Gasteiger partial charge in [-0.1, -0.05) is 26.0 Å². The third kappa shape index (κ3) is 6.48. The molecule has 0 heterocycles. The lowest BCUT2D eigenvalue weighted by Gasteiger charge is -2.12.